The van der Waals surface area contributed by atoms with E-state index in [1.165, 1.54) is 6.07 Å². The van der Waals surface area contributed by atoms with Crippen molar-refractivity contribution in [3.05, 3.63) is 30.1 Å². The minimum Gasteiger partial charge on any atom is -0.490 e. The van der Waals surface area contributed by atoms with E-state index in [1.54, 1.807) is 23.1 Å². The molecule has 3 rings (SSSR count). The molecule has 0 unspecified atom stereocenters. The summed E-state index contributed by atoms with van der Waals surface area (Å²) in [7, 11) is 0. The molecular formula is C19H25FN2O3. The first-order valence-electron chi connectivity index (χ1n) is 9.09. The molecule has 2 fully saturated rings. The van der Waals surface area contributed by atoms with E-state index in [9.17, 15) is 14.0 Å². The first-order valence-corrected chi connectivity index (χ1v) is 9.09. The standard InChI is InChI=1S/C19H25FN2O3/c20-16-5-1-2-6-17(16)25-14-9-18(23)21-12-7-15(8-13-21)19(24)22-10-3-4-11-22/h1-2,5-6,15H,3-4,7-14H2. The first-order chi connectivity index (χ1) is 12.1. The second kappa shape index (κ2) is 8.32. The predicted molar refractivity (Wildman–Crippen MR) is 91.6 cm³/mol. The number of benzene rings is 1. The van der Waals surface area contributed by atoms with Crippen molar-refractivity contribution in [3.8, 4) is 5.75 Å². The molecule has 0 N–H and O–H groups in total. The van der Waals surface area contributed by atoms with Crippen LogP contribution in [0.1, 0.15) is 32.1 Å². The van der Waals surface area contributed by atoms with Crippen LogP contribution in [0.15, 0.2) is 24.3 Å². The van der Waals surface area contributed by atoms with Crippen molar-refractivity contribution >= 4 is 11.8 Å². The number of hydrogen-bond donors (Lipinski definition) is 0. The van der Waals surface area contributed by atoms with E-state index in [0.717, 1.165) is 38.8 Å². The Labute approximate surface area is 147 Å². The third-order valence-electron chi connectivity index (χ3n) is 5.02. The van der Waals surface area contributed by atoms with Crippen molar-refractivity contribution in [1.29, 1.82) is 0 Å². The number of carbonyl (C=O) groups is 2. The van der Waals surface area contributed by atoms with Gasteiger partial charge in [-0.15, -0.1) is 0 Å². The van der Waals surface area contributed by atoms with Gasteiger partial charge in [-0.05, 0) is 37.8 Å². The summed E-state index contributed by atoms with van der Waals surface area (Å²) in [4.78, 5) is 28.4. The van der Waals surface area contributed by atoms with E-state index in [0.29, 0.717) is 13.1 Å². The number of rotatable bonds is 5. The van der Waals surface area contributed by atoms with Crippen molar-refractivity contribution in [1.82, 2.24) is 9.80 Å². The van der Waals surface area contributed by atoms with Gasteiger partial charge in [-0.25, -0.2) is 4.39 Å². The Hall–Kier alpha value is -2.11. The number of ether oxygens (including phenoxy) is 1. The van der Waals surface area contributed by atoms with Crippen LogP contribution >= 0.6 is 0 Å². The molecule has 0 aromatic heterocycles. The predicted octanol–water partition coefficient (Wildman–Crippen LogP) is 2.46. The molecule has 0 bridgehead atoms. The first kappa shape index (κ1) is 17.7. The third kappa shape index (κ3) is 4.50. The minimum atomic E-state index is -0.420. The van der Waals surface area contributed by atoms with E-state index in [1.807, 2.05) is 4.90 Å². The number of nitrogens with zero attached hydrogens (tertiary/aromatic N) is 2. The van der Waals surface area contributed by atoms with Gasteiger partial charge in [0.1, 0.15) is 0 Å². The molecule has 2 heterocycles. The van der Waals surface area contributed by atoms with Gasteiger partial charge in [-0.2, -0.15) is 0 Å². The number of amides is 2. The van der Waals surface area contributed by atoms with Crippen molar-refractivity contribution in [3.63, 3.8) is 0 Å². The zero-order chi connectivity index (χ0) is 17.6. The Bertz CT molecular complexity index is 608. The average molecular weight is 348 g/mol. The molecule has 25 heavy (non-hydrogen) atoms. The lowest BCUT2D eigenvalue weighted by Gasteiger charge is -2.33. The molecule has 6 heteroatoms. The van der Waals surface area contributed by atoms with Gasteiger partial charge in [0.15, 0.2) is 11.6 Å². The molecule has 0 spiro atoms. The molecule has 0 saturated carbocycles. The Balaban J connectivity index is 1.39. The number of likely N-dealkylation sites (tertiary alicyclic amines) is 2. The Morgan fingerprint density at radius 1 is 1.04 bits per heavy atom. The van der Waals surface area contributed by atoms with Crippen LogP contribution in [0.4, 0.5) is 4.39 Å². The molecule has 2 aliphatic heterocycles. The molecule has 1 aromatic rings. The highest BCUT2D eigenvalue weighted by atomic mass is 19.1. The van der Waals surface area contributed by atoms with Gasteiger partial charge >= 0.3 is 0 Å². The fourth-order valence-electron chi connectivity index (χ4n) is 3.54. The highest BCUT2D eigenvalue weighted by molar-refractivity contribution is 5.80. The zero-order valence-corrected chi connectivity index (χ0v) is 14.5. The average Bonchev–Trinajstić information content (AvgIpc) is 3.17. The number of para-hydroxylation sites is 1. The quantitative estimate of drug-likeness (QED) is 0.821. The molecule has 2 aliphatic rings. The van der Waals surface area contributed by atoms with Crippen LogP contribution in [-0.4, -0.2) is 54.4 Å². The van der Waals surface area contributed by atoms with E-state index >= 15 is 0 Å². The van der Waals surface area contributed by atoms with Crippen LogP contribution < -0.4 is 4.74 Å². The van der Waals surface area contributed by atoms with Gasteiger partial charge in [-0.1, -0.05) is 12.1 Å². The lowest BCUT2D eigenvalue weighted by molar-refractivity contribution is -0.140. The zero-order valence-electron chi connectivity index (χ0n) is 14.5. The van der Waals surface area contributed by atoms with Crippen molar-refractivity contribution in [2.45, 2.75) is 32.1 Å². The maximum Gasteiger partial charge on any atom is 0.225 e. The summed E-state index contributed by atoms with van der Waals surface area (Å²) in [5.74, 6) is 0.0640. The summed E-state index contributed by atoms with van der Waals surface area (Å²) in [5, 5.41) is 0. The maximum atomic E-state index is 13.5. The number of carbonyl (C=O) groups excluding carboxylic acids is 2. The molecule has 5 nitrogen and oxygen atoms in total. The van der Waals surface area contributed by atoms with E-state index in [-0.39, 0.29) is 36.5 Å². The second-order valence-electron chi connectivity index (χ2n) is 6.72. The van der Waals surface area contributed by atoms with Gasteiger partial charge in [0.2, 0.25) is 11.8 Å². The monoisotopic (exact) mass is 348 g/mol. The van der Waals surface area contributed by atoms with E-state index in [2.05, 4.69) is 0 Å². The Morgan fingerprint density at radius 2 is 1.72 bits per heavy atom. The summed E-state index contributed by atoms with van der Waals surface area (Å²) in [5.41, 5.74) is 0. The van der Waals surface area contributed by atoms with Gasteiger partial charge in [0.05, 0.1) is 13.0 Å². The summed E-state index contributed by atoms with van der Waals surface area (Å²) in [6, 6.07) is 6.18. The van der Waals surface area contributed by atoms with Gasteiger partial charge in [-0.3, -0.25) is 9.59 Å². The van der Waals surface area contributed by atoms with Crippen LogP contribution in [0.2, 0.25) is 0 Å². The Kier molecular flexibility index (Phi) is 5.89. The molecule has 2 amide bonds. The van der Waals surface area contributed by atoms with Gasteiger partial charge < -0.3 is 14.5 Å². The molecule has 0 aliphatic carbocycles. The van der Waals surface area contributed by atoms with Gasteiger partial charge in [0, 0.05) is 32.1 Å². The number of halogens is 1. The summed E-state index contributed by atoms with van der Waals surface area (Å²) < 4.78 is 18.8. The number of piperidine rings is 1. The SMILES string of the molecule is O=C(CCOc1ccccc1F)N1CCC(C(=O)N2CCCC2)CC1. The van der Waals surface area contributed by atoms with Gasteiger partial charge in [0.25, 0.3) is 0 Å². The summed E-state index contributed by atoms with van der Waals surface area (Å²) in [6.07, 6.45) is 3.89. The van der Waals surface area contributed by atoms with Crippen LogP contribution in [0.5, 0.6) is 5.75 Å². The number of hydrogen-bond acceptors (Lipinski definition) is 3. The largest absolute Gasteiger partial charge is 0.490 e. The van der Waals surface area contributed by atoms with Crippen LogP contribution in [0, 0.1) is 11.7 Å². The summed E-state index contributed by atoms with van der Waals surface area (Å²) >= 11 is 0. The highest BCUT2D eigenvalue weighted by Gasteiger charge is 2.31. The van der Waals surface area contributed by atoms with E-state index in [4.69, 9.17) is 4.74 Å². The van der Waals surface area contributed by atoms with E-state index < -0.39 is 5.82 Å². The molecular weight excluding hydrogens is 323 g/mol. The minimum absolute atomic E-state index is 0.00316. The normalized spacial score (nSPS) is 18.4. The molecule has 2 saturated heterocycles. The molecule has 0 radical (unpaired) electrons. The van der Waals surface area contributed by atoms with Crippen molar-refractivity contribution in [2.24, 2.45) is 5.92 Å². The van der Waals surface area contributed by atoms with Crippen LogP contribution in [0.25, 0.3) is 0 Å². The fraction of sp³-hybridized carbons (Fsp3) is 0.579. The summed E-state index contributed by atoms with van der Waals surface area (Å²) in [6.45, 7) is 3.15. The smallest absolute Gasteiger partial charge is 0.225 e. The lowest BCUT2D eigenvalue weighted by atomic mass is 9.95. The maximum absolute atomic E-state index is 13.5. The highest BCUT2D eigenvalue weighted by Crippen LogP contribution is 2.22. The molecule has 136 valence electrons. The van der Waals surface area contributed by atoms with Crippen LogP contribution in [0.3, 0.4) is 0 Å². The molecule has 0 atom stereocenters. The second-order valence-corrected chi connectivity index (χ2v) is 6.72. The fourth-order valence-corrected chi connectivity index (χ4v) is 3.54. The van der Waals surface area contributed by atoms with Crippen molar-refractivity contribution < 1.29 is 18.7 Å². The lowest BCUT2D eigenvalue weighted by Crippen LogP contribution is -2.44. The third-order valence-corrected chi connectivity index (χ3v) is 5.02. The molecule has 1 aromatic carbocycles. The van der Waals surface area contributed by atoms with Crippen LogP contribution in [-0.2, 0) is 9.59 Å². The van der Waals surface area contributed by atoms with Crippen molar-refractivity contribution in [2.75, 3.05) is 32.8 Å². The topological polar surface area (TPSA) is 49.9 Å². The Morgan fingerprint density at radius 3 is 2.40 bits per heavy atom.